The van der Waals surface area contributed by atoms with Crippen molar-refractivity contribution in [1.82, 2.24) is 0 Å². The van der Waals surface area contributed by atoms with Gasteiger partial charge in [-0.15, -0.1) is 12.6 Å². The van der Waals surface area contributed by atoms with Gasteiger partial charge in [0, 0.05) is 16.0 Å². The molecule has 0 radical (unpaired) electrons. The molecule has 0 spiro atoms. The summed E-state index contributed by atoms with van der Waals surface area (Å²) >= 11 is 4.04. The summed E-state index contributed by atoms with van der Waals surface area (Å²) in [5.41, 5.74) is 0.703. The van der Waals surface area contributed by atoms with Crippen molar-refractivity contribution in [2.24, 2.45) is 0 Å². The van der Waals surface area contributed by atoms with E-state index in [1.807, 2.05) is 0 Å². The van der Waals surface area contributed by atoms with Crippen molar-refractivity contribution >= 4 is 25.2 Å². The zero-order chi connectivity index (χ0) is 9.84. The van der Waals surface area contributed by atoms with Crippen LogP contribution in [0.4, 0.5) is 0 Å². The third-order valence-electron chi connectivity index (χ3n) is 1.63. The maximum Gasteiger partial charge on any atom is 0.151 e. The molecule has 1 rings (SSSR count). The molecule has 0 aromatic heterocycles. The second kappa shape index (κ2) is 4.09. The van der Waals surface area contributed by atoms with E-state index in [1.165, 1.54) is 19.2 Å². The van der Waals surface area contributed by atoms with E-state index in [9.17, 15) is 9.59 Å². The van der Waals surface area contributed by atoms with E-state index in [1.54, 1.807) is 0 Å². The van der Waals surface area contributed by atoms with Gasteiger partial charge in [-0.2, -0.15) is 0 Å². The predicted octanol–water partition coefficient (Wildman–Crippen LogP) is 1.61. The lowest BCUT2D eigenvalue weighted by molar-refractivity contribution is 0.111. The van der Waals surface area contributed by atoms with Crippen LogP contribution in [0, 0.1) is 0 Å². The first kappa shape index (κ1) is 9.80. The molecule has 4 heteroatoms. The number of carbonyl (C=O) groups excluding carboxylic acids is 2. The highest BCUT2D eigenvalue weighted by atomic mass is 32.1. The second-order valence-electron chi connectivity index (χ2n) is 2.39. The number of carbonyl (C=O) groups is 2. The summed E-state index contributed by atoms with van der Waals surface area (Å²) in [7, 11) is 1.47. The molecule has 0 bridgehead atoms. The molecule has 3 nitrogen and oxygen atoms in total. The Morgan fingerprint density at radius 3 is 2.00 bits per heavy atom. The Morgan fingerprint density at radius 2 is 1.69 bits per heavy atom. The van der Waals surface area contributed by atoms with E-state index in [0.717, 1.165) is 0 Å². The third-order valence-corrected chi connectivity index (χ3v) is 2.15. The molecule has 0 aliphatic rings. The van der Waals surface area contributed by atoms with Gasteiger partial charge in [0.25, 0.3) is 0 Å². The number of hydrogen-bond donors (Lipinski definition) is 1. The highest BCUT2D eigenvalue weighted by Gasteiger charge is 2.06. The molecule has 0 heterocycles. The standard InChI is InChI=1S/C9H8O3S/c1-12-8-2-6(4-10)9(13)7(3-8)5-11/h2-5,13H,1H3. The van der Waals surface area contributed by atoms with Gasteiger partial charge in [0.2, 0.25) is 0 Å². The van der Waals surface area contributed by atoms with Crippen LogP contribution in [0.3, 0.4) is 0 Å². The molecule has 68 valence electrons. The highest BCUT2D eigenvalue weighted by molar-refractivity contribution is 7.80. The topological polar surface area (TPSA) is 43.4 Å². The lowest BCUT2D eigenvalue weighted by Crippen LogP contribution is -1.93. The Bertz CT molecular complexity index is 318. The van der Waals surface area contributed by atoms with Crippen LogP contribution in [0.1, 0.15) is 20.7 Å². The smallest absolute Gasteiger partial charge is 0.151 e. The molecule has 13 heavy (non-hydrogen) atoms. The molecule has 0 fully saturated rings. The number of methoxy groups -OCH3 is 1. The average molecular weight is 196 g/mol. The summed E-state index contributed by atoms with van der Waals surface area (Å²) in [5, 5.41) is 0. The number of hydrogen-bond acceptors (Lipinski definition) is 4. The van der Waals surface area contributed by atoms with Gasteiger partial charge in [0.15, 0.2) is 12.6 Å². The van der Waals surface area contributed by atoms with Crippen molar-refractivity contribution in [3.05, 3.63) is 23.3 Å². The van der Waals surface area contributed by atoms with Gasteiger partial charge in [-0.1, -0.05) is 0 Å². The molecular weight excluding hydrogens is 188 g/mol. The summed E-state index contributed by atoms with van der Waals surface area (Å²) in [4.78, 5) is 21.5. The Hall–Kier alpha value is -1.29. The molecule has 0 atom stereocenters. The van der Waals surface area contributed by atoms with E-state index in [0.29, 0.717) is 34.3 Å². The van der Waals surface area contributed by atoms with Crippen LogP contribution in [0.2, 0.25) is 0 Å². The van der Waals surface area contributed by atoms with Gasteiger partial charge in [0.1, 0.15) is 5.75 Å². The molecule has 0 amide bonds. The van der Waals surface area contributed by atoms with Gasteiger partial charge in [-0.3, -0.25) is 9.59 Å². The Balaban J connectivity index is 3.36. The first-order valence-electron chi connectivity index (χ1n) is 3.54. The van der Waals surface area contributed by atoms with Crippen LogP contribution in [0.15, 0.2) is 17.0 Å². The van der Waals surface area contributed by atoms with Crippen LogP contribution < -0.4 is 4.74 Å². The molecule has 0 aliphatic carbocycles. The maximum absolute atomic E-state index is 10.5. The largest absolute Gasteiger partial charge is 0.497 e. The number of thiol groups is 1. The van der Waals surface area contributed by atoms with Crippen molar-refractivity contribution in [3.63, 3.8) is 0 Å². The van der Waals surface area contributed by atoms with Crippen LogP contribution >= 0.6 is 12.6 Å². The zero-order valence-electron chi connectivity index (χ0n) is 6.98. The van der Waals surface area contributed by atoms with E-state index >= 15 is 0 Å². The first-order chi connectivity index (χ1) is 6.22. The van der Waals surface area contributed by atoms with Gasteiger partial charge in [-0.25, -0.2) is 0 Å². The SMILES string of the molecule is COc1cc(C=O)c(S)c(C=O)c1. The Kier molecular flexibility index (Phi) is 3.08. The molecule has 1 aromatic carbocycles. The van der Waals surface area contributed by atoms with Crippen LogP contribution in [0.5, 0.6) is 5.75 Å². The van der Waals surface area contributed by atoms with E-state index in [-0.39, 0.29) is 0 Å². The molecule has 0 saturated heterocycles. The second-order valence-corrected chi connectivity index (χ2v) is 2.84. The number of aldehydes is 2. The lowest BCUT2D eigenvalue weighted by Gasteiger charge is -2.05. The molecule has 0 N–H and O–H groups in total. The van der Waals surface area contributed by atoms with E-state index in [2.05, 4.69) is 12.6 Å². The van der Waals surface area contributed by atoms with Crippen LogP contribution in [-0.4, -0.2) is 19.7 Å². The summed E-state index contributed by atoms with van der Waals surface area (Å²) in [6.45, 7) is 0. The minimum Gasteiger partial charge on any atom is -0.497 e. The lowest BCUT2D eigenvalue weighted by atomic mass is 10.1. The predicted molar refractivity (Wildman–Crippen MR) is 51.0 cm³/mol. The fourth-order valence-electron chi connectivity index (χ4n) is 0.949. The minimum atomic E-state index is 0.352. The van der Waals surface area contributed by atoms with Crippen LogP contribution in [-0.2, 0) is 0 Å². The van der Waals surface area contributed by atoms with Crippen molar-refractivity contribution in [1.29, 1.82) is 0 Å². The molecule has 1 aromatic rings. The van der Waals surface area contributed by atoms with Crippen LogP contribution in [0.25, 0.3) is 0 Å². The summed E-state index contributed by atoms with van der Waals surface area (Å²) in [5.74, 6) is 0.474. The monoisotopic (exact) mass is 196 g/mol. The van der Waals surface area contributed by atoms with Gasteiger partial charge >= 0.3 is 0 Å². The minimum absolute atomic E-state index is 0.352. The number of ether oxygens (including phenoxy) is 1. The van der Waals surface area contributed by atoms with E-state index in [4.69, 9.17) is 4.74 Å². The summed E-state index contributed by atoms with van der Waals surface area (Å²) in [6.07, 6.45) is 1.27. The van der Waals surface area contributed by atoms with Gasteiger partial charge in [-0.05, 0) is 12.1 Å². The van der Waals surface area contributed by atoms with Crippen molar-refractivity contribution in [3.8, 4) is 5.75 Å². The van der Waals surface area contributed by atoms with Crippen molar-refractivity contribution in [2.45, 2.75) is 4.90 Å². The quantitative estimate of drug-likeness (QED) is 0.590. The van der Waals surface area contributed by atoms with Crippen molar-refractivity contribution in [2.75, 3.05) is 7.11 Å². The fourth-order valence-corrected chi connectivity index (χ4v) is 1.18. The number of benzene rings is 1. The first-order valence-corrected chi connectivity index (χ1v) is 3.99. The van der Waals surface area contributed by atoms with Gasteiger partial charge < -0.3 is 4.74 Å². The fraction of sp³-hybridized carbons (Fsp3) is 0.111. The zero-order valence-corrected chi connectivity index (χ0v) is 7.88. The Morgan fingerprint density at radius 1 is 1.23 bits per heavy atom. The summed E-state index contributed by atoms with van der Waals surface area (Å²) in [6, 6.07) is 3.06. The van der Waals surface area contributed by atoms with Gasteiger partial charge in [0.05, 0.1) is 7.11 Å². The Labute approximate surface area is 81.1 Å². The molecule has 0 unspecified atom stereocenters. The van der Waals surface area contributed by atoms with Crippen molar-refractivity contribution < 1.29 is 14.3 Å². The number of rotatable bonds is 3. The maximum atomic E-state index is 10.5. The highest BCUT2D eigenvalue weighted by Crippen LogP contribution is 2.23. The molecular formula is C9H8O3S. The van der Waals surface area contributed by atoms with E-state index < -0.39 is 0 Å². The summed E-state index contributed by atoms with van der Waals surface area (Å²) < 4.78 is 4.90. The third kappa shape index (κ3) is 1.89. The normalized spacial score (nSPS) is 9.38. The molecule has 0 saturated carbocycles. The average Bonchev–Trinajstić information content (AvgIpc) is 2.18. The molecule has 0 aliphatic heterocycles.